The van der Waals surface area contributed by atoms with Crippen LogP contribution in [0.5, 0.6) is 0 Å². The third kappa shape index (κ3) is 4.25. The van der Waals surface area contributed by atoms with Crippen LogP contribution in [0.15, 0.2) is 48.5 Å². The number of aliphatic hydroxyl groups is 1. The van der Waals surface area contributed by atoms with Crippen molar-refractivity contribution >= 4 is 6.09 Å². The Hall–Kier alpha value is -2.84. The van der Waals surface area contributed by atoms with Crippen LogP contribution < -0.4 is 0 Å². The van der Waals surface area contributed by atoms with Crippen LogP contribution in [0, 0.1) is 11.3 Å². The topological polar surface area (TPSA) is 73.6 Å². The Labute approximate surface area is 196 Å². The van der Waals surface area contributed by atoms with Gasteiger partial charge < -0.3 is 14.7 Å². The Morgan fingerprint density at radius 3 is 2.24 bits per heavy atom. The number of benzene rings is 2. The van der Waals surface area contributed by atoms with Crippen LogP contribution in [-0.4, -0.2) is 40.4 Å². The summed E-state index contributed by atoms with van der Waals surface area (Å²) in [5.41, 5.74) is 4.16. The lowest BCUT2D eigenvalue weighted by Crippen LogP contribution is -2.60. The Bertz CT molecular complexity index is 1000. The molecule has 2 bridgehead atoms. The second kappa shape index (κ2) is 9.19. The fraction of sp³-hybridized carbons (Fsp3) is 0.500. The van der Waals surface area contributed by atoms with Gasteiger partial charge in [0, 0.05) is 24.4 Å². The summed E-state index contributed by atoms with van der Waals surface area (Å²) in [7, 11) is 0. The highest BCUT2D eigenvalue weighted by Crippen LogP contribution is 2.45. The summed E-state index contributed by atoms with van der Waals surface area (Å²) in [4.78, 5) is 15.2. The Balaban J connectivity index is 1.26. The molecular weight excluding hydrogens is 412 g/mol. The molecule has 2 heterocycles. The molecule has 2 unspecified atom stereocenters. The lowest BCUT2D eigenvalue weighted by molar-refractivity contribution is -0.0893. The molecule has 2 aromatic carbocycles. The molecule has 0 spiro atoms. The van der Waals surface area contributed by atoms with Crippen LogP contribution in [0.3, 0.4) is 0 Å². The van der Waals surface area contributed by atoms with Gasteiger partial charge in [-0.3, -0.25) is 0 Å². The third-order valence-electron chi connectivity index (χ3n) is 7.82. The van der Waals surface area contributed by atoms with Crippen LogP contribution in [-0.2, 0) is 4.74 Å². The van der Waals surface area contributed by atoms with Crippen LogP contribution >= 0.6 is 0 Å². The van der Waals surface area contributed by atoms with Gasteiger partial charge in [-0.25, -0.2) is 4.79 Å². The second-order valence-electron chi connectivity index (χ2n) is 9.95. The van der Waals surface area contributed by atoms with Gasteiger partial charge in [-0.05, 0) is 73.6 Å². The molecule has 2 aromatic rings. The van der Waals surface area contributed by atoms with Gasteiger partial charge in [0.2, 0.25) is 0 Å². The van der Waals surface area contributed by atoms with Crippen molar-refractivity contribution in [2.75, 3.05) is 6.61 Å². The molecule has 0 radical (unpaired) electrons. The first kappa shape index (κ1) is 22.0. The maximum atomic E-state index is 13.3. The number of unbranched alkanes of at least 4 members (excludes halogenated alkanes) is 2. The predicted octanol–water partition coefficient (Wildman–Crippen LogP) is 5.77. The SMILES string of the molecule is N#CCCCCC1(O)CC2CCCC(C1)N2C(=O)OCC1c2ccccc2-c2ccccc21. The number of nitriles is 1. The fourth-order valence-electron chi connectivity index (χ4n) is 6.36. The van der Waals surface area contributed by atoms with E-state index in [-0.39, 0.29) is 24.1 Å². The van der Waals surface area contributed by atoms with E-state index in [1.807, 2.05) is 17.0 Å². The first-order valence-corrected chi connectivity index (χ1v) is 12.3. The van der Waals surface area contributed by atoms with Gasteiger partial charge >= 0.3 is 6.09 Å². The van der Waals surface area contributed by atoms with Crippen molar-refractivity contribution in [3.05, 3.63) is 59.7 Å². The van der Waals surface area contributed by atoms with Crippen LogP contribution in [0.2, 0.25) is 0 Å². The predicted molar refractivity (Wildman–Crippen MR) is 127 cm³/mol. The van der Waals surface area contributed by atoms with Crippen LogP contribution in [0.25, 0.3) is 11.1 Å². The zero-order valence-electron chi connectivity index (χ0n) is 19.1. The first-order chi connectivity index (χ1) is 16.1. The number of nitrogens with zero attached hydrogens (tertiary/aromatic N) is 2. The molecule has 3 aliphatic rings. The molecule has 5 rings (SSSR count). The molecule has 1 N–H and O–H groups in total. The second-order valence-corrected chi connectivity index (χ2v) is 9.95. The van der Waals surface area contributed by atoms with Crippen molar-refractivity contribution in [3.63, 3.8) is 0 Å². The number of hydrogen-bond donors (Lipinski definition) is 1. The van der Waals surface area contributed by atoms with E-state index in [2.05, 4.69) is 42.5 Å². The van der Waals surface area contributed by atoms with Crippen molar-refractivity contribution in [1.29, 1.82) is 5.26 Å². The number of rotatable bonds is 6. The maximum Gasteiger partial charge on any atom is 0.410 e. The van der Waals surface area contributed by atoms with Gasteiger partial charge in [-0.1, -0.05) is 48.5 Å². The van der Waals surface area contributed by atoms with E-state index in [0.29, 0.717) is 32.3 Å². The van der Waals surface area contributed by atoms with Crippen LogP contribution in [0.1, 0.15) is 74.8 Å². The third-order valence-corrected chi connectivity index (χ3v) is 7.82. The quantitative estimate of drug-likeness (QED) is 0.574. The zero-order chi connectivity index (χ0) is 22.8. The van der Waals surface area contributed by atoms with Crippen molar-refractivity contribution in [2.45, 2.75) is 81.4 Å². The van der Waals surface area contributed by atoms with E-state index in [9.17, 15) is 9.90 Å². The normalized spacial score (nSPS) is 25.8. The average Bonchev–Trinajstić information content (AvgIpc) is 3.14. The molecule has 172 valence electrons. The highest BCUT2D eigenvalue weighted by atomic mass is 16.6. The number of piperidine rings is 2. The lowest BCUT2D eigenvalue weighted by Gasteiger charge is -2.51. The molecule has 1 amide bonds. The smallest absolute Gasteiger partial charge is 0.410 e. The fourth-order valence-corrected chi connectivity index (χ4v) is 6.36. The van der Waals surface area contributed by atoms with Crippen molar-refractivity contribution in [2.24, 2.45) is 0 Å². The molecule has 33 heavy (non-hydrogen) atoms. The van der Waals surface area contributed by atoms with E-state index in [4.69, 9.17) is 10.00 Å². The van der Waals surface area contributed by atoms with E-state index >= 15 is 0 Å². The van der Waals surface area contributed by atoms with E-state index < -0.39 is 5.60 Å². The van der Waals surface area contributed by atoms with Gasteiger partial charge in [0.05, 0.1) is 11.7 Å². The summed E-state index contributed by atoms with van der Waals surface area (Å²) in [6.07, 6.45) is 6.84. The number of ether oxygens (including phenoxy) is 1. The van der Waals surface area contributed by atoms with E-state index in [1.165, 1.54) is 22.3 Å². The minimum absolute atomic E-state index is 0.0362. The number of carbonyl (C=O) groups is 1. The molecule has 5 heteroatoms. The number of amides is 1. The van der Waals surface area contributed by atoms with Gasteiger partial charge in [0.25, 0.3) is 0 Å². The lowest BCUT2D eigenvalue weighted by atomic mass is 9.73. The molecule has 2 saturated heterocycles. The highest BCUT2D eigenvalue weighted by molar-refractivity contribution is 5.79. The van der Waals surface area contributed by atoms with Crippen molar-refractivity contribution in [1.82, 2.24) is 4.90 Å². The van der Waals surface area contributed by atoms with Gasteiger partial charge in [-0.15, -0.1) is 0 Å². The zero-order valence-corrected chi connectivity index (χ0v) is 19.1. The minimum atomic E-state index is -0.731. The van der Waals surface area contributed by atoms with Crippen LogP contribution in [0.4, 0.5) is 4.79 Å². The molecule has 2 fully saturated rings. The standard InChI is InChI=1S/C28H32N2O3/c29-16-7-1-6-15-28(32)17-20-9-8-10-21(18-28)30(20)27(31)33-19-26-24-13-4-2-11-22(24)23-12-3-5-14-25(23)26/h2-5,11-14,20-21,26,32H,1,6-10,15,17-19H2. The largest absolute Gasteiger partial charge is 0.448 e. The monoisotopic (exact) mass is 444 g/mol. The van der Waals surface area contributed by atoms with Gasteiger partial charge in [0.1, 0.15) is 6.61 Å². The summed E-state index contributed by atoms with van der Waals surface area (Å²) in [6.45, 7) is 0.335. The summed E-state index contributed by atoms with van der Waals surface area (Å²) in [6, 6.07) is 19.0. The van der Waals surface area contributed by atoms with Gasteiger partial charge in [-0.2, -0.15) is 5.26 Å². The molecule has 2 atom stereocenters. The first-order valence-electron chi connectivity index (χ1n) is 12.3. The Morgan fingerprint density at radius 2 is 1.64 bits per heavy atom. The maximum absolute atomic E-state index is 13.3. The van der Waals surface area contributed by atoms with E-state index in [0.717, 1.165) is 32.1 Å². The average molecular weight is 445 g/mol. The Kier molecular flexibility index (Phi) is 6.12. The molecule has 0 aromatic heterocycles. The molecule has 1 aliphatic carbocycles. The summed E-state index contributed by atoms with van der Waals surface area (Å²) >= 11 is 0. The summed E-state index contributed by atoms with van der Waals surface area (Å²) in [5.74, 6) is 0.0584. The number of carbonyl (C=O) groups excluding carboxylic acids is 1. The molecule has 5 nitrogen and oxygen atoms in total. The van der Waals surface area contributed by atoms with Gasteiger partial charge in [0.15, 0.2) is 0 Å². The minimum Gasteiger partial charge on any atom is -0.448 e. The number of fused-ring (bicyclic) bond motifs is 5. The van der Waals surface area contributed by atoms with Crippen molar-refractivity contribution < 1.29 is 14.6 Å². The Morgan fingerprint density at radius 1 is 1.03 bits per heavy atom. The van der Waals surface area contributed by atoms with E-state index in [1.54, 1.807) is 0 Å². The molecule has 2 aliphatic heterocycles. The molecule has 0 saturated carbocycles. The highest BCUT2D eigenvalue weighted by Gasteiger charge is 2.47. The number of hydrogen-bond acceptors (Lipinski definition) is 4. The molecular formula is C28H32N2O3. The van der Waals surface area contributed by atoms with Crippen molar-refractivity contribution in [3.8, 4) is 17.2 Å². The summed E-state index contributed by atoms with van der Waals surface area (Å²) < 4.78 is 5.97. The summed E-state index contributed by atoms with van der Waals surface area (Å²) in [5, 5.41) is 20.0.